The molecule has 18 heavy (non-hydrogen) atoms. The van der Waals surface area contributed by atoms with Crippen molar-refractivity contribution in [3.8, 4) is 0 Å². The standard InChI is InChI=1S/C14H15NO2S/c1-9-4-6-11(7-5-9)8-12-15-10(2)13(18-12)14(16)17-3/h4-7H,8H2,1-3H3. The van der Waals surface area contributed by atoms with Crippen LogP contribution in [0.4, 0.5) is 0 Å². The van der Waals surface area contributed by atoms with Gasteiger partial charge in [-0.2, -0.15) is 0 Å². The van der Waals surface area contributed by atoms with Crippen LogP contribution in [0, 0.1) is 13.8 Å². The molecule has 0 N–H and O–H groups in total. The van der Waals surface area contributed by atoms with E-state index < -0.39 is 0 Å². The Morgan fingerprint density at radius 3 is 2.56 bits per heavy atom. The minimum absolute atomic E-state index is 0.305. The molecule has 4 heteroatoms. The van der Waals surface area contributed by atoms with Crippen LogP contribution in [0.1, 0.15) is 31.5 Å². The average Bonchev–Trinajstić information content (AvgIpc) is 2.72. The SMILES string of the molecule is COC(=O)c1sc(Cc2ccc(C)cc2)nc1C. The summed E-state index contributed by atoms with van der Waals surface area (Å²) in [6.45, 7) is 3.90. The molecule has 0 radical (unpaired) electrons. The van der Waals surface area contributed by atoms with Gasteiger partial charge in [-0.15, -0.1) is 11.3 Å². The van der Waals surface area contributed by atoms with Crippen LogP contribution in [0.3, 0.4) is 0 Å². The molecule has 0 spiro atoms. The lowest BCUT2D eigenvalue weighted by Crippen LogP contribution is -1.99. The minimum atomic E-state index is -0.305. The van der Waals surface area contributed by atoms with Crippen molar-refractivity contribution in [3.63, 3.8) is 0 Å². The molecule has 0 amide bonds. The summed E-state index contributed by atoms with van der Waals surface area (Å²) < 4.78 is 4.73. The number of benzene rings is 1. The number of nitrogens with zero attached hydrogens (tertiary/aromatic N) is 1. The molecule has 1 aromatic carbocycles. The summed E-state index contributed by atoms with van der Waals surface area (Å²) in [5, 5.41) is 0.941. The van der Waals surface area contributed by atoms with Crippen molar-refractivity contribution >= 4 is 17.3 Å². The lowest BCUT2D eigenvalue weighted by atomic mass is 10.1. The largest absolute Gasteiger partial charge is 0.465 e. The van der Waals surface area contributed by atoms with E-state index in [0.717, 1.165) is 17.1 Å². The molecule has 3 nitrogen and oxygen atoms in total. The number of carbonyl (C=O) groups is 1. The molecule has 0 aliphatic carbocycles. The predicted octanol–water partition coefficient (Wildman–Crippen LogP) is 3.14. The Bertz CT molecular complexity index is 558. The highest BCUT2D eigenvalue weighted by Crippen LogP contribution is 2.21. The van der Waals surface area contributed by atoms with Crippen molar-refractivity contribution in [1.29, 1.82) is 0 Å². The topological polar surface area (TPSA) is 39.2 Å². The first-order valence-corrected chi connectivity index (χ1v) is 6.52. The number of aryl methyl sites for hydroxylation is 2. The number of hydrogen-bond acceptors (Lipinski definition) is 4. The Hall–Kier alpha value is -1.68. The first kappa shape index (κ1) is 12.8. The third-order valence-corrected chi connectivity index (χ3v) is 3.83. The van der Waals surface area contributed by atoms with Gasteiger partial charge >= 0.3 is 5.97 Å². The van der Waals surface area contributed by atoms with Gasteiger partial charge in [0.25, 0.3) is 0 Å². The number of ether oxygens (including phenoxy) is 1. The van der Waals surface area contributed by atoms with E-state index in [4.69, 9.17) is 4.74 Å². The lowest BCUT2D eigenvalue weighted by Gasteiger charge is -1.98. The van der Waals surface area contributed by atoms with Crippen molar-refractivity contribution in [2.45, 2.75) is 20.3 Å². The maximum absolute atomic E-state index is 11.5. The second kappa shape index (κ2) is 5.31. The van der Waals surface area contributed by atoms with Gasteiger partial charge in [0, 0.05) is 6.42 Å². The van der Waals surface area contributed by atoms with E-state index in [1.54, 1.807) is 0 Å². The van der Waals surface area contributed by atoms with Gasteiger partial charge in [0.15, 0.2) is 0 Å². The van der Waals surface area contributed by atoms with Crippen LogP contribution in [0.25, 0.3) is 0 Å². The van der Waals surface area contributed by atoms with Crippen LogP contribution in [0.5, 0.6) is 0 Å². The fraction of sp³-hybridized carbons (Fsp3) is 0.286. The Kier molecular flexibility index (Phi) is 3.77. The summed E-state index contributed by atoms with van der Waals surface area (Å²) >= 11 is 1.41. The maximum Gasteiger partial charge on any atom is 0.349 e. The average molecular weight is 261 g/mol. The summed E-state index contributed by atoms with van der Waals surface area (Å²) in [6.07, 6.45) is 0.753. The zero-order valence-corrected chi connectivity index (χ0v) is 11.5. The Labute approximate surface area is 110 Å². The molecule has 2 rings (SSSR count). The van der Waals surface area contributed by atoms with E-state index in [0.29, 0.717) is 4.88 Å². The normalized spacial score (nSPS) is 10.4. The third kappa shape index (κ3) is 2.76. The molecule has 0 saturated carbocycles. The highest BCUT2D eigenvalue weighted by molar-refractivity contribution is 7.13. The van der Waals surface area contributed by atoms with Crippen LogP contribution in [-0.4, -0.2) is 18.1 Å². The fourth-order valence-corrected chi connectivity index (χ4v) is 2.71. The van der Waals surface area contributed by atoms with Crippen molar-refractivity contribution in [1.82, 2.24) is 4.98 Å². The lowest BCUT2D eigenvalue weighted by molar-refractivity contribution is 0.0605. The van der Waals surface area contributed by atoms with Crippen molar-refractivity contribution < 1.29 is 9.53 Å². The van der Waals surface area contributed by atoms with Gasteiger partial charge in [0.1, 0.15) is 4.88 Å². The zero-order chi connectivity index (χ0) is 13.1. The first-order chi connectivity index (χ1) is 8.60. The van der Waals surface area contributed by atoms with Crippen molar-refractivity contribution in [2.75, 3.05) is 7.11 Å². The fourth-order valence-electron chi connectivity index (χ4n) is 1.69. The number of rotatable bonds is 3. The molecule has 2 aromatic rings. The van der Waals surface area contributed by atoms with Crippen LogP contribution in [-0.2, 0) is 11.2 Å². The quantitative estimate of drug-likeness (QED) is 0.797. The minimum Gasteiger partial charge on any atom is -0.465 e. The molecule has 0 fully saturated rings. The maximum atomic E-state index is 11.5. The van der Waals surface area contributed by atoms with Crippen LogP contribution >= 0.6 is 11.3 Å². The van der Waals surface area contributed by atoms with Gasteiger partial charge in [-0.3, -0.25) is 0 Å². The van der Waals surface area contributed by atoms with Gasteiger partial charge in [0.2, 0.25) is 0 Å². The second-order valence-electron chi connectivity index (χ2n) is 4.18. The molecular formula is C14H15NO2S. The zero-order valence-electron chi connectivity index (χ0n) is 10.7. The summed E-state index contributed by atoms with van der Waals surface area (Å²) in [7, 11) is 1.39. The summed E-state index contributed by atoms with van der Waals surface area (Å²) in [5.74, 6) is -0.305. The summed E-state index contributed by atoms with van der Waals surface area (Å²) in [4.78, 5) is 16.5. The molecular weight excluding hydrogens is 246 g/mol. The molecule has 0 aliphatic rings. The van der Waals surface area contributed by atoms with E-state index in [1.807, 2.05) is 6.92 Å². The molecule has 0 unspecified atom stereocenters. The van der Waals surface area contributed by atoms with E-state index in [2.05, 4.69) is 36.2 Å². The second-order valence-corrected chi connectivity index (χ2v) is 5.26. The Morgan fingerprint density at radius 2 is 1.94 bits per heavy atom. The van der Waals surface area contributed by atoms with Crippen molar-refractivity contribution in [2.24, 2.45) is 0 Å². The number of aromatic nitrogens is 1. The smallest absolute Gasteiger partial charge is 0.349 e. The summed E-state index contributed by atoms with van der Waals surface area (Å²) in [6, 6.07) is 8.34. The molecule has 1 aromatic heterocycles. The van der Waals surface area contributed by atoms with Gasteiger partial charge in [-0.1, -0.05) is 29.8 Å². The summed E-state index contributed by atoms with van der Waals surface area (Å²) in [5.41, 5.74) is 3.18. The van der Waals surface area contributed by atoms with E-state index in [1.165, 1.54) is 29.6 Å². The number of methoxy groups -OCH3 is 1. The first-order valence-electron chi connectivity index (χ1n) is 5.70. The van der Waals surface area contributed by atoms with Crippen LogP contribution in [0.15, 0.2) is 24.3 Å². The molecule has 1 heterocycles. The third-order valence-electron chi connectivity index (χ3n) is 2.69. The van der Waals surface area contributed by atoms with Crippen LogP contribution < -0.4 is 0 Å². The molecule has 0 aliphatic heterocycles. The molecule has 0 atom stereocenters. The van der Waals surface area contributed by atoms with Gasteiger partial charge in [0.05, 0.1) is 17.8 Å². The molecule has 94 valence electrons. The number of hydrogen-bond donors (Lipinski definition) is 0. The number of esters is 1. The predicted molar refractivity (Wildman–Crippen MR) is 72.2 cm³/mol. The molecule has 0 bridgehead atoms. The van der Waals surface area contributed by atoms with Gasteiger partial charge in [-0.05, 0) is 19.4 Å². The number of carbonyl (C=O) groups excluding carboxylic acids is 1. The number of thiazole rings is 1. The van der Waals surface area contributed by atoms with Crippen molar-refractivity contribution in [3.05, 3.63) is 51.0 Å². The van der Waals surface area contributed by atoms with E-state index >= 15 is 0 Å². The highest BCUT2D eigenvalue weighted by Gasteiger charge is 2.15. The van der Waals surface area contributed by atoms with E-state index in [-0.39, 0.29) is 5.97 Å². The van der Waals surface area contributed by atoms with Crippen LogP contribution in [0.2, 0.25) is 0 Å². The monoisotopic (exact) mass is 261 g/mol. The molecule has 0 saturated heterocycles. The Morgan fingerprint density at radius 1 is 1.28 bits per heavy atom. The van der Waals surface area contributed by atoms with Gasteiger partial charge < -0.3 is 4.74 Å². The van der Waals surface area contributed by atoms with E-state index in [9.17, 15) is 4.79 Å². The Balaban J connectivity index is 2.20. The highest BCUT2D eigenvalue weighted by atomic mass is 32.1. The van der Waals surface area contributed by atoms with Gasteiger partial charge in [-0.25, -0.2) is 9.78 Å².